The van der Waals surface area contributed by atoms with Crippen LogP contribution in [0.15, 0.2) is 24.3 Å². The maximum atomic E-state index is 12.6. The lowest BCUT2D eigenvalue weighted by Crippen LogP contribution is -2.52. The number of nitrogens with two attached hydrogens (primary N) is 1. The summed E-state index contributed by atoms with van der Waals surface area (Å²) in [6, 6.07) is 1.54. The van der Waals surface area contributed by atoms with E-state index in [4.69, 9.17) is 15.2 Å². The zero-order valence-corrected chi connectivity index (χ0v) is 15.7. The molecule has 1 aromatic carbocycles. The number of hydrogen-bond donors (Lipinski definition) is 2. The molecular weight excluding hydrogens is 397 g/mol. The smallest absolute Gasteiger partial charge is 0.416 e. The average Bonchev–Trinajstić information content (AvgIpc) is 2.64. The molecule has 0 saturated carbocycles. The first-order valence-electron chi connectivity index (χ1n) is 8.60. The molecule has 0 fully saturated rings. The number of amides is 2. The van der Waals surface area contributed by atoms with Crippen molar-refractivity contribution in [2.75, 3.05) is 13.2 Å². The normalized spacial score (nSPS) is 13.1. The quantitative estimate of drug-likeness (QED) is 0.585. The molecule has 0 unspecified atom stereocenters. The van der Waals surface area contributed by atoms with Gasteiger partial charge < -0.3 is 20.5 Å². The lowest BCUT2D eigenvalue weighted by molar-refractivity contribution is -0.156. The van der Waals surface area contributed by atoms with E-state index in [1.807, 2.05) is 0 Å². The number of halogens is 3. The summed E-state index contributed by atoms with van der Waals surface area (Å²) in [4.78, 5) is 48.2. The van der Waals surface area contributed by atoms with E-state index in [1.54, 1.807) is 0 Å². The molecule has 0 aliphatic carbocycles. The first kappa shape index (κ1) is 23.9. The molecular formula is C18H21F3N2O6. The average molecular weight is 418 g/mol. The minimum absolute atomic E-state index is 0.0214. The second kappa shape index (κ2) is 10.4. The molecule has 0 saturated heterocycles. The van der Waals surface area contributed by atoms with Gasteiger partial charge in [-0.15, -0.1) is 0 Å². The third-order valence-electron chi connectivity index (χ3n) is 3.75. The highest BCUT2D eigenvalue weighted by Gasteiger charge is 2.37. The third-order valence-corrected chi connectivity index (χ3v) is 3.75. The lowest BCUT2D eigenvalue weighted by atomic mass is 9.95. The summed E-state index contributed by atoms with van der Waals surface area (Å²) >= 11 is 0. The first-order valence-corrected chi connectivity index (χ1v) is 8.60. The fourth-order valence-corrected chi connectivity index (χ4v) is 2.39. The topological polar surface area (TPSA) is 125 Å². The van der Waals surface area contributed by atoms with E-state index in [-0.39, 0.29) is 18.8 Å². The van der Waals surface area contributed by atoms with E-state index in [2.05, 4.69) is 5.32 Å². The number of ether oxygens (including phenoxy) is 2. The number of alkyl halides is 3. The van der Waals surface area contributed by atoms with Gasteiger partial charge in [0.05, 0.1) is 31.1 Å². The van der Waals surface area contributed by atoms with Gasteiger partial charge in [-0.25, -0.2) is 0 Å². The molecule has 0 radical (unpaired) electrons. The molecule has 2 amide bonds. The maximum absolute atomic E-state index is 12.6. The van der Waals surface area contributed by atoms with Crippen LogP contribution < -0.4 is 11.1 Å². The highest BCUT2D eigenvalue weighted by atomic mass is 19.4. The molecule has 160 valence electrons. The summed E-state index contributed by atoms with van der Waals surface area (Å²) in [6.45, 7) is 3.00. The van der Waals surface area contributed by atoms with Gasteiger partial charge in [0.2, 0.25) is 5.91 Å². The first-order chi connectivity index (χ1) is 13.5. The molecule has 0 aliphatic rings. The predicted molar refractivity (Wildman–Crippen MR) is 93.3 cm³/mol. The van der Waals surface area contributed by atoms with Gasteiger partial charge in [0, 0.05) is 5.56 Å². The van der Waals surface area contributed by atoms with E-state index in [0.717, 1.165) is 12.1 Å². The van der Waals surface area contributed by atoms with Crippen molar-refractivity contribution in [1.82, 2.24) is 5.32 Å². The van der Waals surface area contributed by atoms with Crippen LogP contribution in [-0.4, -0.2) is 43.0 Å². The summed E-state index contributed by atoms with van der Waals surface area (Å²) < 4.78 is 47.5. The number of benzene rings is 1. The number of esters is 2. The Hall–Kier alpha value is -3.11. The molecule has 2 atom stereocenters. The molecule has 1 aromatic rings. The van der Waals surface area contributed by atoms with E-state index >= 15 is 0 Å². The molecule has 29 heavy (non-hydrogen) atoms. The van der Waals surface area contributed by atoms with Crippen molar-refractivity contribution in [2.24, 2.45) is 11.7 Å². The number of primary amides is 1. The van der Waals surface area contributed by atoms with Crippen LogP contribution in [0.25, 0.3) is 0 Å². The van der Waals surface area contributed by atoms with Crippen LogP contribution >= 0.6 is 0 Å². The number of nitrogens with one attached hydrogen (secondary N) is 1. The van der Waals surface area contributed by atoms with Crippen LogP contribution in [0, 0.1) is 5.92 Å². The predicted octanol–water partition coefficient (Wildman–Crippen LogP) is 1.42. The molecule has 0 aliphatic heterocycles. The van der Waals surface area contributed by atoms with Crippen molar-refractivity contribution >= 4 is 23.8 Å². The van der Waals surface area contributed by atoms with Gasteiger partial charge in [0.15, 0.2) is 0 Å². The van der Waals surface area contributed by atoms with Crippen LogP contribution in [0.2, 0.25) is 0 Å². The summed E-state index contributed by atoms with van der Waals surface area (Å²) in [7, 11) is 0. The van der Waals surface area contributed by atoms with Crippen molar-refractivity contribution in [3.05, 3.63) is 35.4 Å². The van der Waals surface area contributed by atoms with Crippen LogP contribution in [0.3, 0.4) is 0 Å². The zero-order chi connectivity index (χ0) is 22.2. The summed E-state index contributed by atoms with van der Waals surface area (Å²) in [5.74, 6) is -5.34. The Labute approximate surface area is 164 Å². The second-order valence-electron chi connectivity index (χ2n) is 5.80. The van der Waals surface area contributed by atoms with Crippen molar-refractivity contribution < 1.29 is 41.8 Å². The Morgan fingerprint density at radius 2 is 1.59 bits per heavy atom. The fraction of sp³-hybridized carbons (Fsp3) is 0.444. The zero-order valence-electron chi connectivity index (χ0n) is 15.7. The highest BCUT2D eigenvalue weighted by molar-refractivity contribution is 5.99. The van der Waals surface area contributed by atoms with Crippen LogP contribution in [0.1, 0.15) is 36.2 Å². The molecule has 0 spiro atoms. The van der Waals surface area contributed by atoms with Gasteiger partial charge in [0.1, 0.15) is 6.04 Å². The van der Waals surface area contributed by atoms with Crippen LogP contribution in [0.4, 0.5) is 13.2 Å². The Morgan fingerprint density at radius 1 is 1.03 bits per heavy atom. The van der Waals surface area contributed by atoms with Crippen molar-refractivity contribution in [1.29, 1.82) is 0 Å². The lowest BCUT2D eigenvalue weighted by Gasteiger charge is -2.23. The number of carbonyl (C=O) groups excluding carboxylic acids is 4. The Balaban J connectivity index is 3.08. The number of carbonyl (C=O) groups is 4. The van der Waals surface area contributed by atoms with E-state index < -0.39 is 53.9 Å². The molecule has 0 aromatic heterocycles. The fourth-order valence-electron chi connectivity index (χ4n) is 2.39. The van der Waals surface area contributed by atoms with Gasteiger partial charge in [-0.3, -0.25) is 19.2 Å². The van der Waals surface area contributed by atoms with Crippen molar-refractivity contribution in [2.45, 2.75) is 32.5 Å². The third kappa shape index (κ3) is 7.09. The van der Waals surface area contributed by atoms with Gasteiger partial charge in [-0.2, -0.15) is 13.2 Å². The minimum Gasteiger partial charge on any atom is -0.466 e. The van der Waals surface area contributed by atoms with Crippen molar-refractivity contribution in [3.8, 4) is 0 Å². The molecule has 11 heteroatoms. The van der Waals surface area contributed by atoms with Crippen LogP contribution in [-0.2, 0) is 30.0 Å². The van der Waals surface area contributed by atoms with Gasteiger partial charge >= 0.3 is 18.1 Å². The minimum atomic E-state index is -4.58. The van der Waals surface area contributed by atoms with Crippen LogP contribution in [0.5, 0.6) is 0 Å². The SMILES string of the molecule is CCOC(=O)C[C@@H](C(=O)OCC)[C@@H](NC(=O)c1ccc(C(F)(F)F)cc1)C(N)=O. The van der Waals surface area contributed by atoms with E-state index in [1.165, 1.54) is 13.8 Å². The molecule has 1 rings (SSSR count). The summed E-state index contributed by atoms with van der Waals surface area (Å²) in [5.41, 5.74) is 4.10. The summed E-state index contributed by atoms with van der Waals surface area (Å²) in [6.07, 6.45) is -5.17. The Bertz CT molecular complexity index is 749. The standard InChI is InChI=1S/C18H21F3N2O6/c1-3-28-13(24)9-12(17(27)29-4-2)14(15(22)25)23-16(26)10-5-7-11(8-6-10)18(19,20)21/h5-8,12,14H,3-4,9H2,1-2H3,(H2,22,25)(H,23,26)/t12-,14-/m1/s1. The largest absolute Gasteiger partial charge is 0.466 e. The molecule has 0 heterocycles. The highest BCUT2D eigenvalue weighted by Crippen LogP contribution is 2.29. The van der Waals surface area contributed by atoms with E-state index in [9.17, 15) is 32.3 Å². The maximum Gasteiger partial charge on any atom is 0.416 e. The Kier molecular flexibility index (Phi) is 8.61. The van der Waals surface area contributed by atoms with Gasteiger partial charge in [-0.05, 0) is 38.1 Å². The molecule has 3 N–H and O–H groups in total. The van der Waals surface area contributed by atoms with Crippen molar-refractivity contribution in [3.63, 3.8) is 0 Å². The second-order valence-corrected chi connectivity index (χ2v) is 5.80. The van der Waals surface area contributed by atoms with Gasteiger partial charge in [-0.1, -0.05) is 0 Å². The Morgan fingerprint density at radius 3 is 2.03 bits per heavy atom. The number of rotatable bonds is 9. The molecule has 0 bridgehead atoms. The number of hydrogen-bond acceptors (Lipinski definition) is 6. The van der Waals surface area contributed by atoms with E-state index in [0.29, 0.717) is 12.1 Å². The monoisotopic (exact) mass is 418 g/mol. The molecule has 8 nitrogen and oxygen atoms in total. The van der Waals surface area contributed by atoms with Gasteiger partial charge in [0.25, 0.3) is 5.91 Å². The summed E-state index contributed by atoms with van der Waals surface area (Å²) in [5, 5.41) is 2.17.